The number of nitrogens with one attached hydrogen (secondary N) is 1. The van der Waals surface area contributed by atoms with Crippen LogP contribution in [0.1, 0.15) is 19.3 Å². The summed E-state index contributed by atoms with van der Waals surface area (Å²) < 4.78 is 22.7. The van der Waals surface area contributed by atoms with Crippen LogP contribution >= 0.6 is 0 Å². The monoisotopic (exact) mass is 260 g/mol. The first-order valence-corrected chi connectivity index (χ1v) is 8.00. The molecule has 98 valence electrons. The zero-order chi connectivity index (χ0) is 12.5. The highest BCUT2D eigenvalue weighted by atomic mass is 32.2. The first-order valence-electron chi connectivity index (χ1n) is 6.18. The second kappa shape index (κ2) is 4.94. The SMILES string of the molecule is CNC1CCCN(C(=O)C2CCS(=O)(=O)C2)C1. The standard InChI is InChI=1S/C11H20N2O3S/c1-12-10-3-2-5-13(7-10)11(14)9-4-6-17(15,16)8-9/h9-10,12H,2-8H2,1H3. The van der Waals surface area contributed by atoms with Gasteiger partial charge in [-0.1, -0.05) is 0 Å². The van der Waals surface area contributed by atoms with Crippen molar-refractivity contribution < 1.29 is 13.2 Å². The van der Waals surface area contributed by atoms with Gasteiger partial charge in [-0.05, 0) is 26.3 Å². The average molecular weight is 260 g/mol. The Morgan fingerprint density at radius 1 is 1.35 bits per heavy atom. The number of rotatable bonds is 2. The van der Waals surface area contributed by atoms with Crippen LogP contribution in [-0.2, 0) is 14.6 Å². The van der Waals surface area contributed by atoms with E-state index in [1.165, 1.54) is 0 Å². The number of hydrogen-bond donors (Lipinski definition) is 1. The smallest absolute Gasteiger partial charge is 0.226 e. The molecule has 1 N–H and O–H groups in total. The van der Waals surface area contributed by atoms with Crippen molar-refractivity contribution in [2.75, 3.05) is 31.6 Å². The highest BCUT2D eigenvalue weighted by molar-refractivity contribution is 7.91. The van der Waals surface area contributed by atoms with Gasteiger partial charge in [0.1, 0.15) is 0 Å². The number of likely N-dealkylation sites (tertiary alicyclic amines) is 1. The molecule has 0 aromatic rings. The van der Waals surface area contributed by atoms with E-state index >= 15 is 0 Å². The van der Waals surface area contributed by atoms with E-state index < -0.39 is 9.84 Å². The number of nitrogens with zero attached hydrogens (tertiary/aromatic N) is 1. The van der Waals surface area contributed by atoms with Gasteiger partial charge in [-0.3, -0.25) is 4.79 Å². The first-order chi connectivity index (χ1) is 8.02. The number of piperidine rings is 1. The van der Waals surface area contributed by atoms with Crippen molar-refractivity contribution in [1.82, 2.24) is 10.2 Å². The fourth-order valence-electron chi connectivity index (χ4n) is 2.66. The van der Waals surface area contributed by atoms with Gasteiger partial charge in [0.15, 0.2) is 9.84 Å². The molecule has 0 spiro atoms. The molecule has 17 heavy (non-hydrogen) atoms. The summed E-state index contributed by atoms with van der Waals surface area (Å²) in [6, 6.07) is 0.353. The highest BCUT2D eigenvalue weighted by Crippen LogP contribution is 2.22. The van der Waals surface area contributed by atoms with Crippen LogP contribution < -0.4 is 5.32 Å². The van der Waals surface area contributed by atoms with E-state index in [0.717, 1.165) is 19.4 Å². The highest BCUT2D eigenvalue weighted by Gasteiger charge is 2.36. The van der Waals surface area contributed by atoms with Crippen molar-refractivity contribution in [3.05, 3.63) is 0 Å². The second-order valence-corrected chi connectivity index (χ2v) is 7.24. The summed E-state index contributed by atoms with van der Waals surface area (Å²) in [4.78, 5) is 14.0. The lowest BCUT2D eigenvalue weighted by molar-refractivity contribution is -0.136. The summed E-state index contributed by atoms with van der Waals surface area (Å²) in [5.41, 5.74) is 0. The molecule has 2 aliphatic rings. The molecule has 6 heteroatoms. The summed E-state index contributed by atoms with van der Waals surface area (Å²) in [6.45, 7) is 1.49. The zero-order valence-electron chi connectivity index (χ0n) is 10.2. The number of likely N-dealkylation sites (N-methyl/N-ethyl adjacent to an activating group) is 1. The Bertz CT molecular complexity index is 394. The maximum Gasteiger partial charge on any atom is 0.226 e. The van der Waals surface area contributed by atoms with Crippen LogP contribution in [0.25, 0.3) is 0 Å². The minimum Gasteiger partial charge on any atom is -0.341 e. The molecule has 2 unspecified atom stereocenters. The quantitative estimate of drug-likeness (QED) is 0.736. The van der Waals surface area contributed by atoms with Crippen LogP contribution in [0.15, 0.2) is 0 Å². The zero-order valence-corrected chi connectivity index (χ0v) is 11.0. The third kappa shape index (κ3) is 2.98. The van der Waals surface area contributed by atoms with Gasteiger partial charge >= 0.3 is 0 Å². The maximum absolute atomic E-state index is 12.2. The lowest BCUT2D eigenvalue weighted by atomic mass is 10.0. The number of sulfone groups is 1. The molecule has 0 radical (unpaired) electrons. The fraction of sp³-hybridized carbons (Fsp3) is 0.909. The molecular weight excluding hydrogens is 240 g/mol. The fourth-order valence-corrected chi connectivity index (χ4v) is 4.39. The molecule has 0 aromatic carbocycles. The molecule has 2 aliphatic heterocycles. The maximum atomic E-state index is 12.2. The van der Waals surface area contributed by atoms with Crippen molar-refractivity contribution in [2.45, 2.75) is 25.3 Å². The Balaban J connectivity index is 1.96. The Hall–Kier alpha value is -0.620. The van der Waals surface area contributed by atoms with Gasteiger partial charge in [-0.25, -0.2) is 8.42 Å². The van der Waals surface area contributed by atoms with Gasteiger partial charge in [0.25, 0.3) is 0 Å². The molecule has 2 saturated heterocycles. The van der Waals surface area contributed by atoms with Gasteiger partial charge in [-0.15, -0.1) is 0 Å². The van der Waals surface area contributed by atoms with Crippen LogP contribution in [-0.4, -0.2) is 56.9 Å². The van der Waals surface area contributed by atoms with E-state index in [1.54, 1.807) is 0 Å². The summed E-state index contributed by atoms with van der Waals surface area (Å²) in [5, 5.41) is 3.18. The molecule has 2 rings (SSSR count). The minimum atomic E-state index is -2.96. The molecule has 2 heterocycles. The molecule has 0 aliphatic carbocycles. The summed E-state index contributed by atoms with van der Waals surface area (Å²) in [7, 11) is -1.06. The number of amides is 1. The predicted octanol–water partition coefficient (Wildman–Crippen LogP) is -0.368. The van der Waals surface area contributed by atoms with Crippen LogP contribution in [0.2, 0.25) is 0 Å². The lowest BCUT2D eigenvalue weighted by Gasteiger charge is -2.34. The van der Waals surface area contributed by atoms with Gasteiger partial charge in [0.05, 0.1) is 17.4 Å². The number of carbonyl (C=O) groups is 1. The van der Waals surface area contributed by atoms with E-state index in [9.17, 15) is 13.2 Å². The Morgan fingerprint density at radius 2 is 2.12 bits per heavy atom. The average Bonchev–Trinajstić information content (AvgIpc) is 2.69. The molecule has 0 bridgehead atoms. The van der Waals surface area contributed by atoms with Crippen molar-refractivity contribution in [1.29, 1.82) is 0 Å². The summed E-state index contributed by atoms with van der Waals surface area (Å²) >= 11 is 0. The molecule has 0 aromatic heterocycles. The Kier molecular flexibility index (Phi) is 3.73. The topological polar surface area (TPSA) is 66.5 Å². The van der Waals surface area contributed by atoms with Gasteiger partial charge in [-0.2, -0.15) is 0 Å². The summed E-state index contributed by atoms with van der Waals surface area (Å²) in [6.07, 6.45) is 2.59. The Morgan fingerprint density at radius 3 is 2.71 bits per heavy atom. The lowest BCUT2D eigenvalue weighted by Crippen LogP contribution is -2.49. The van der Waals surface area contributed by atoms with Gasteiger partial charge in [0.2, 0.25) is 5.91 Å². The van der Waals surface area contributed by atoms with Gasteiger partial charge in [0, 0.05) is 19.1 Å². The third-order valence-electron chi connectivity index (χ3n) is 3.72. The van der Waals surface area contributed by atoms with Crippen LogP contribution in [0.3, 0.4) is 0 Å². The number of hydrogen-bond acceptors (Lipinski definition) is 4. The van der Waals surface area contributed by atoms with Crippen LogP contribution in [0.4, 0.5) is 0 Å². The van der Waals surface area contributed by atoms with Gasteiger partial charge < -0.3 is 10.2 Å². The predicted molar refractivity (Wildman–Crippen MR) is 65.4 cm³/mol. The third-order valence-corrected chi connectivity index (χ3v) is 5.49. The Labute approximate surface area is 102 Å². The summed E-state index contributed by atoms with van der Waals surface area (Å²) in [5.74, 6) is -0.0409. The van der Waals surface area contributed by atoms with Crippen molar-refractivity contribution in [3.8, 4) is 0 Å². The van der Waals surface area contributed by atoms with Crippen molar-refractivity contribution in [2.24, 2.45) is 5.92 Å². The molecular formula is C11H20N2O3S. The molecule has 0 saturated carbocycles. The molecule has 5 nitrogen and oxygen atoms in total. The largest absolute Gasteiger partial charge is 0.341 e. The van der Waals surface area contributed by atoms with Crippen molar-refractivity contribution >= 4 is 15.7 Å². The molecule has 1 amide bonds. The second-order valence-electron chi connectivity index (χ2n) is 5.01. The van der Waals surface area contributed by atoms with E-state index in [2.05, 4.69) is 5.32 Å². The van der Waals surface area contributed by atoms with E-state index in [0.29, 0.717) is 19.0 Å². The van der Waals surface area contributed by atoms with E-state index in [-0.39, 0.29) is 23.3 Å². The van der Waals surface area contributed by atoms with E-state index in [1.807, 2.05) is 11.9 Å². The van der Waals surface area contributed by atoms with Crippen LogP contribution in [0, 0.1) is 5.92 Å². The number of carbonyl (C=O) groups excluding carboxylic acids is 1. The molecule has 2 fully saturated rings. The minimum absolute atomic E-state index is 0.0334. The van der Waals surface area contributed by atoms with Crippen LogP contribution in [0.5, 0.6) is 0 Å². The van der Waals surface area contributed by atoms with E-state index in [4.69, 9.17) is 0 Å². The normalized spacial score (nSPS) is 32.6. The molecule has 2 atom stereocenters. The van der Waals surface area contributed by atoms with Crippen molar-refractivity contribution in [3.63, 3.8) is 0 Å². The first kappa shape index (κ1) is 12.8.